The van der Waals surface area contributed by atoms with Crippen LogP contribution in [0.1, 0.15) is 39.0 Å². The van der Waals surface area contributed by atoms with Crippen molar-refractivity contribution in [3.8, 4) is 0 Å². The summed E-state index contributed by atoms with van der Waals surface area (Å²) in [6.07, 6.45) is 5.47. The molecule has 2 fully saturated rings. The monoisotopic (exact) mass is 283 g/mol. The second kappa shape index (κ2) is 6.87. The lowest BCUT2D eigenvalue weighted by Crippen LogP contribution is -2.50. The summed E-state index contributed by atoms with van der Waals surface area (Å²) in [6, 6.07) is 0.783. The van der Waals surface area contributed by atoms with Gasteiger partial charge in [-0.25, -0.2) is 0 Å². The molecular weight excluding hydrogens is 254 g/mol. The van der Waals surface area contributed by atoms with Gasteiger partial charge >= 0.3 is 5.97 Å². The van der Waals surface area contributed by atoms with E-state index in [0.717, 1.165) is 25.4 Å². The molecule has 0 radical (unpaired) electrons. The Morgan fingerprint density at radius 3 is 2.85 bits per heavy atom. The summed E-state index contributed by atoms with van der Waals surface area (Å²) in [5.41, 5.74) is -0.774. The van der Waals surface area contributed by atoms with Crippen LogP contribution in [0.2, 0.25) is 0 Å². The molecule has 116 valence electrons. The summed E-state index contributed by atoms with van der Waals surface area (Å²) in [5.74, 6) is -0.750. The van der Waals surface area contributed by atoms with Crippen LogP contribution >= 0.6 is 0 Å². The Morgan fingerprint density at radius 2 is 2.15 bits per heavy atom. The van der Waals surface area contributed by atoms with Gasteiger partial charge in [-0.2, -0.15) is 0 Å². The van der Waals surface area contributed by atoms with Crippen LogP contribution in [0.25, 0.3) is 0 Å². The van der Waals surface area contributed by atoms with Crippen molar-refractivity contribution in [3.63, 3.8) is 0 Å². The molecule has 2 aliphatic heterocycles. The average molecular weight is 283 g/mol. The lowest BCUT2D eigenvalue weighted by atomic mass is 9.95. The highest BCUT2D eigenvalue weighted by Gasteiger charge is 2.31. The van der Waals surface area contributed by atoms with Gasteiger partial charge in [0.1, 0.15) is 5.54 Å². The predicted molar refractivity (Wildman–Crippen MR) is 80.0 cm³/mol. The number of carboxylic acids is 1. The molecule has 0 aliphatic carbocycles. The summed E-state index contributed by atoms with van der Waals surface area (Å²) in [5, 5.41) is 12.1. The van der Waals surface area contributed by atoms with Crippen LogP contribution in [-0.2, 0) is 4.79 Å². The van der Waals surface area contributed by atoms with Gasteiger partial charge in [-0.3, -0.25) is 9.69 Å². The fraction of sp³-hybridized carbons (Fsp3) is 0.933. The second-order valence-corrected chi connectivity index (χ2v) is 6.48. The molecule has 2 N–H and O–H groups in total. The zero-order valence-corrected chi connectivity index (χ0v) is 12.9. The first kappa shape index (κ1) is 15.7. The fourth-order valence-corrected chi connectivity index (χ4v) is 3.41. The van der Waals surface area contributed by atoms with E-state index in [2.05, 4.69) is 15.1 Å². The number of rotatable bonds is 7. The molecule has 5 nitrogen and oxygen atoms in total. The summed E-state index contributed by atoms with van der Waals surface area (Å²) < 4.78 is 0. The van der Waals surface area contributed by atoms with Crippen LogP contribution in [0.3, 0.4) is 0 Å². The van der Waals surface area contributed by atoms with E-state index in [-0.39, 0.29) is 0 Å². The Balaban J connectivity index is 1.65. The number of likely N-dealkylation sites (N-methyl/N-ethyl adjacent to an activating group) is 1. The number of fused-ring (bicyclic) bond motifs is 1. The van der Waals surface area contributed by atoms with Crippen molar-refractivity contribution in [3.05, 3.63) is 0 Å². The third-order valence-electron chi connectivity index (χ3n) is 5.10. The van der Waals surface area contributed by atoms with E-state index in [4.69, 9.17) is 0 Å². The van der Waals surface area contributed by atoms with Gasteiger partial charge in [-0.05, 0) is 59.2 Å². The standard InChI is InChI=1S/C15H29N3O2/c1-15(16-2,14(19)20)7-3-4-8-17-10-11-18-9-5-6-13(18)12-17/h13,16H,3-12H2,1-2H3,(H,19,20). The number of unbranched alkanes of at least 4 members (excludes halogenated alkanes) is 1. The van der Waals surface area contributed by atoms with Crippen molar-refractivity contribution < 1.29 is 9.90 Å². The maximum atomic E-state index is 11.2. The van der Waals surface area contributed by atoms with E-state index in [1.54, 1.807) is 14.0 Å². The molecular formula is C15H29N3O2. The Hall–Kier alpha value is -0.650. The third kappa shape index (κ3) is 3.71. The van der Waals surface area contributed by atoms with Gasteiger partial charge in [0.25, 0.3) is 0 Å². The lowest BCUT2D eigenvalue weighted by molar-refractivity contribution is -0.144. The summed E-state index contributed by atoms with van der Waals surface area (Å²) in [4.78, 5) is 16.4. The molecule has 0 spiro atoms. The van der Waals surface area contributed by atoms with Crippen molar-refractivity contribution >= 4 is 5.97 Å². The molecule has 0 bridgehead atoms. The molecule has 2 heterocycles. The number of carboxylic acid groups (broad SMARTS) is 1. The molecule has 2 unspecified atom stereocenters. The van der Waals surface area contributed by atoms with Gasteiger partial charge in [0.15, 0.2) is 0 Å². The van der Waals surface area contributed by atoms with E-state index < -0.39 is 11.5 Å². The van der Waals surface area contributed by atoms with Gasteiger partial charge in [-0.15, -0.1) is 0 Å². The normalized spacial score (nSPS) is 27.2. The van der Waals surface area contributed by atoms with Crippen LogP contribution < -0.4 is 5.32 Å². The maximum absolute atomic E-state index is 11.2. The molecule has 0 aromatic carbocycles. The van der Waals surface area contributed by atoms with Crippen molar-refractivity contribution in [1.82, 2.24) is 15.1 Å². The number of piperazine rings is 1. The SMILES string of the molecule is CNC(C)(CCCCN1CCN2CCCC2C1)C(=O)O. The molecule has 0 aromatic rings. The number of hydrogen-bond donors (Lipinski definition) is 2. The summed E-state index contributed by atoms with van der Waals surface area (Å²) >= 11 is 0. The Kier molecular flexibility index (Phi) is 5.41. The third-order valence-corrected chi connectivity index (χ3v) is 5.10. The highest BCUT2D eigenvalue weighted by atomic mass is 16.4. The average Bonchev–Trinajstić information content (AvgIpc) is 2.90. The van der Waals surface area contributed by atoms with Crippen LogP contribution in [0.15, 0.2) is 0 Å². The zero-order chi connectivity index (χ0) is 14.6. The Morgan fingerprint density at radius 1 is 1.35 bits per heavy atom. The second-order valence-electron chi connectivity index (χ2n) is 6.48. The molecule has 0 amide bonds. The molecule has 2 atom stereocenters. The number of hydrogen-bond acceptors (Lipinski definition) is 4. The van der Waals surface area contributed by atoms with Crippen LogP contribution in [0.5, 0.6) is 0 Å². The quantitative estimate of drug-likeness (QED) is 0.683. The summed E-state index contributed by atoms with van der Waals surface area (Å²) in [6.45, 7) is 7.78. The van der Waals surface area contributed by atoms with E-state index in [9.17, 15) is 9.90 Å². The van der Waals surface area contributed by atoms with Crippen LogP contribution in [0.4, 0.5) is 0 Å². The maximum Gasteiger partial charge on any atom is 0.323 e. The smallest absolute Gasteiger partial charge is 0.323 e. The minimum Gasteiger partial charge on any atom is -0.480 e. The molecule has 20 heavy (non-hydrogen) atoms. The molecule has 5 heteroatoms. The van der Waals surface area contributed by atoms with Crippen molar-refractivity contribution in [2.24, 2.45) is 0 Å². The van der Waals surface area contributed by atoms with E-state index in [1.165, 1.54) is 39.0 Å². The predicted octanol–water partition coefficient (Wildman–Crippen LogP) is 0.999. The number of aliphatic carboxylic acids is 1. The van der Waals surface area contributed by atoms with Gasteiger partial charge in [-0.1, -0.05) is 0 Å². The van der Waals surface area contributed by atoms with Crippen LogP contribution in [-0.4, -0.2) is 72.2 Å². The lowest BCUT2D eigenvalue weighted by Gasteiger charge is -2.37. The Labute approximate surface area is 122 Å². The number of nitrogens with zero attached hydrogens (tertiary/aromatic N) is 2. The van der Waals surface area contributed by atoms with Crippen molar-refractivity contribution in [1.29, 1.82) is 0 Å². The topological polar surface area (TPSA) is 55.8 Å². The van der Waals surface area contributed by atoms with Gasteiger partial charge in [0, 0.05) is 25.7 Å². The van der Waals surface area contributed by atoms with E-state index in [0.29, 0.717) is 6.42 Å². The fourth-order valence-electron chi connectivity index (χ4n) is 3.41. The number of nitrogens with one attached hydrogen (secondary N) is 1. The molecule has 2 saturated heterocycles. The molecule has 0 aromatic heterocycles. The van der Waals surface area contributed by atoms with Gasteiger partial charge in [0.2, 0.25) is 0 Å². The highest BCUT2D eigenvalue weighted by molar-refractivity contribution is 5.78. The first-order valence-corrected chi connectivity index (χ1v) is 7.94. The van der Waals surface area contributed by atoms with E-state index >= 15 is 0 Å². The molecule has 2 rings (SSSR count). The minimum atomic E-state index is -0.774. The van der Waals surface area contributed by atoms with Gasteiger partial charge in [0.05, 0.1) is 0 Å². The Bertz CT molecular complexity index is 337. The number of carbonyl (C=O) groups is 1. The van der Waals surface area contributed by atoms with Crippen molar-refractivity contribution in [2.75, 3.05) is 39.8 Å². The van der Waals surface area contributed by atoms with E-state index in [1.807, 2.05) is 0 Å². The summed E-state index contributed by atoms with van der Waals surface area (Å²) in [7, 11) is 1.73. The largest absolute Gasteiger partial charge is 0.480 e. The highest BCUT2D eigenvalue weighted by Crippen LogP contribution is 2.22. The van der Waals surface area contributed by atoms with Crippen molar-refractivity contribution in [2.45, 2.75) is 50.6 Å². The molecule has 2 aliphatic rings. The first-order chi connectivity index (χ1) is 9.55. The minimum absolute atomic E-state index is 0.697. The van der Waals surface area contributed by atoms with Gasteiger partial charge < -0.3 is 15.3 Å². The first-order valence-electron chi connectivity index (χ1n) is 7.94. The molecule has 0 saturated carbocycles. The van der Waals surface area contributed by atoms with Crippen LogP contribution in [0, 0.1) is 0 Å². The zero-order valence-electron chi connectivity index (χ0n) is 12.9.